The predicted octanol–water partition coefficient (Wildman–Crippen LogP) is 3.65. The molecule has 7 nitrogen and oxygen atoms in total. The second kappa shape index (κ2) is 10.2. The summed E-state index contributed by atoms with van der Waals surface area (Å²) in [6, 6.07) is 0. The molecular weight excluding hydrogens is 432 g/mol. The van der Waals surface area contributed by atoms with E-state index in [4.69, 9.17) is 4.74 Å². The molecule has 6 atom stereocenters. The van der Waals surface area contributed by atoms with Gasteiger partial charge in [-0.25, -0.2) is 4.79 Å². The maximum absolute atomic E-state index is 11.9. The SMILES string of the molecule is CCOC(=O)N1CCN(CC(O)C(C)(O)CCC2C(C)(O)CCC3C(C)(C)CCCC32C)CC1. The molecule has 0 spiro atoms. The highest BCUT2D eigenvalue weighted by molar-refractivity contribution is 5.67. The summed E-state index contributed by atoms with van der Waals surface area (Å²) < 4.78 is 5.08. The van der Waals surface area contributed by atoms with E-state index >= 15 is 0 Å². The van der Waals surface area contributed by atoms with Crippen molar-refractivity contribution in [3.63, 3.8) is 0 Å². The number of aliphatic hydroxyl groups excluding tert-OH is 1. The predicted molar refractivity (Wildman–Crippen MR) is 133 cm³/mol. The summed E-state index contributed by atoms with van der Waals surface area (Å²) in [4.78, 5) is 15.7. The van der Waals surface area contributed by atoms with Gasteiger partial charge < -0.3 is 25.0 Å². The summed E-state index contributed by atoms with van der Waals surface area (Å²) >= 11 is 0. The van der Waals surface area contributed by atoms with Crippen LogP contribution < -0.4 is 0 Å². The average Bonchev–Trinajstić information content (AvgIpc) is 2.72. The van der Waals surface area contributed by atoms with Crippen LogP contribution in [-0.4, -0.2) is 87.8 Å². The molecule has 1 aliphatic heterocycles. The molecule has 1 heterocycles. The van der Waals surface area contributed by atoms with Gasteiger partial charge in [0.15, 0.2) is 0 Å². The molecule has 0 aromatic rings. The average molecular weight is 483 g/mol. The summed E-state index contributed by atoms with van der Waals surface area (Å²) in [6.07, 6.45) is 5.40. The fraction of sp³-hybridized carbons (Fsp3) is 0.963. The standard InChI is InChI=1S/C27H50N2O5/c1-7-34-23(31)29-17-15-28(16-18-29)19-22(30)27(6,33)14-10-21-25(4)12-8-11-24(2,3)20(25)9-13-26(21,5)32/h20-22,30,32-33H,7-19H2,1-6H3. The number of nitrogens with zero attached hydrogens (tertiary/aromatic N) is 2. The first-order chi connectivity index (χ1) is 15.7. The van der Waals surface area contributed by atoms with Crippen molar-refractivity contribution >= 4 is 6.09 Å². The third-order valence-corrected chi connectivity index (χ3v) is 9.75. The lowest BCUT2D eigenvalue weighted by atomic mass is 9.45. The Kier molecular flexibility index (Phi) is 8.33. The van der Waals surface area contributed by atoms with E-state index < -0.39 is 17.3 Å². The minimum atomic E-state index is -1.23. The van der Waals surface area contributed by atoms with Crippen molar-refractivity contribution in [3.05, 3.63) is 0 Å². The number of hydrogen-bond acceptors (Lipinski definition) is 6. The van der Waals surface area contributed by atoms with Crippen molar-refractivity contribution in [2.24, 2.45) is 22.7 Å². The van der Waals surface area contributed by atoms with Crippen LogP contribution in [0.15, 0.2) is 0 Å². The van der Waals surface area contributed by atoms with Crippen molar-refractivity contribution in [2.45, 2.75) is 104 Å². The molecule has 2 aliphatic carbocycles. The topological polar surface area (TPSA) is 93.5 Å². The van der Waals surface area contributed by atoms with Crippen molar-refractivity contribution < 1.29 is 24.9 Å². The number of ether oxygens (including phenoxy) is 1. The largest absolute Gasteiger partial charge is 0.450 e. The molecule has 34 heavy (non-hydrogen) atoms. The minimum Gasteiger partial charge on any atom is -0.450 e. The Morgan fingerprint density at radius 1 is 1.12 bits per heavy atom. The Labute approximate surface area is 206 Å². The van der Waals surface area contributed by atoms with Gasteiger partial charge in [0.2, 0.25) is 0 Å². The molecule has 198 valence electrons. The normalized spacial score (nSPS) is 36.9. The monoisotopic (exact) mass is 482 g/mol. The third kappa shape index (κ3) is 5.74. The molecule has 0 radical (unpaired) electrons. The number of β-amino-alcohol motifs (C(OH)–C–C–N with tert-alkyl or cyclic N) is 1. The zero-order valence-corrected chi connectivity index (χ0v) is 22.5. The van der Waals surface area contributed by atoms with Gasteiger partial charge in [-0.05, 0) is 82.0 Å². The van der Waals surface area contributed by atoms with Gasteiger partial charge in [0.1, 0.15) is 0 Å². The molecule has 1 saturated heterocycles. The number of rotatable bonds is 7. The van der Waals surface area contributed by atoms with Crippen LogP contribution in [0.2, 0.25) is 0 Å². The second-order valence-electron chi connectivity index (χ2n) is 12.7. The van der Waals surface area contributed by atoms with E-state index in [0.29, 0.717) is 58.1 Å². The zero-order valence-electron chi connectivity index (χ0n) is 22.5. The van der Waals surface area contributed by atoms with E-state index in [9.17, 15) is 20.1 Å². The number of fused-ring (bicyclic) bond motifs is 1. The molecule has 7 heteroatoms. The lowest BCUT2D eigenvalue weighted by molar-refractivity contribution is -0.176. The Bertz CT molecular complexity index is 701. The van der Waals surface area contributed by atoms with Gasteiger partial charge in [-0.15, -0.1) is 0 Å². The van der Waals surface area contributed by atoms with Gasteiger partial charge in [0.25, 0.3) is 0 Å². The van der Waals surface area contributed by atoms with E-state index in [2.05, 4.69) is 25.7 Å². The van der Waals surface area contributed by atoms with Crippen LogP contribution in [0, 0.1) is 22.7 Å². The smallest absolute Gasteiger partial charge is 0.409 e. The highest BCUT2D eigenvalue weighted by Crippen LogP contribution is 2.63. The maximum Gasteiger partial charge on any atom is 0.409 e. The lowest BCUT2D eigenvalue weighted by Crippen LogP contribution is -2.58. The Hall–Kier alpha value is -0.890. The van der Waals surface area contributed by atoms with Gasteiger partial charge >= 0.3 is 6.09 Å². The molecule has 3 rings (SSSR count). The fourth-order valence-electron chi connectivity index (χ4n) is 7.64. The van der Waals surface area contributed by atoms with Crippen molar-refractivity contribution in [1.82, 2.24) is 9.80 Å². The molecule has 0 aromatic heterocycles. The van der Waals surface area contributed by atoms with Gasteiger partial charge in [-0.2, -0.15) is 0 Å². The first-order valence-corrected chi connectivity index (χ1v) is 13.5. The van der Waals surface area contributed by atoms with E-state index in [0.717, 1.165) is 19.3 Å². The van der Waals surface area contributed by atoms with Crippen LogP contribution in [-0.2, 0) is 4.74 Å². The van der Waals surface area contributed by atoms with Crippen molar-refractivity contribution in [2.75, 3.05) is 39.3 Å². The highest BCUT2D eigenvalue weighted by atomic mass is 16.6. The number of carbonyl (C=O) groups excluding carboxylic acids is 1. The van der Waals surface area contributed by atoms with Crippen LogP contribution in [0.4, 0.5) is 4.79 Å². The van der Waals surface area contributed by atoms with Gasteiger partial charge in [-0.3, -0.25) is 4.90 Å². The van der Waals surface area contributed by atoms with Crippen molar-refractivity contribution in [1.29, 1.82) is 0 Å². The minimum absolute atomic E-state index is 0.0496. The summed E-state index contributed by atoms with van der Waals surface area (Å²) in [6.45, 7) is 15.8. The number of hydrogen-bond donors (Lipinski definition) is 3. The molecule has 3 aliphatic rings. The molecule has 6 unspecified atom stereocenters. The molecule has 3 fully saturated rings. The Balaban J connectivity index is 1.59. The molecule has 3 N–H and O–H groups in total. The number of piperazine rings is 1. The molecular formula is C27H50N2O5. The number of aliphatic hydroxyl groups is 3. The van der Waals surface area contributed by atoms with E-state index in [1.54, 1.807) is 18.7 Å². The summed E-state index contributed by atoms with van der Waals surface area (Å²) in [5.41, 5.74) is -1.66. The van der Waals surface area contributed by atoms with Crippen molar-refractivity contribution in [3.8, 4) is 0 Å². The second-order valence-corrected chi connectivity index (χ2v) is 12.7. The molecule has 0 bridgehead atoms. The fourth-order valence-corrected chi connectivity index (χ4v) is 7.64. The molecule has 2 saturated carbocycles. The van der Waals surface area contributed by atoms with E-state index in [-0.39, 0.29) is 22.8 Å². The quantitative estimate of drug-likeness (QED) is 0.513. The van der Waals surface area contributed by atoms with Gasteiger partial charge in [-0.1, -0.05) is 27.2 Å². The van der Waals surface area contributed by atoms with E-state index in [1.165, 1.54) is 12.8 Å². The Morgan fingerprint density at radius 3 is 2.38 bits per heavy atom. The first-order valence-electron chi connectivity index (χ1n) is 13.5. The summed E-state index contributed by atoms with van der Waals surface area (Å²) in [7, 11) is 0. The summed E-state index contributed by atoms with van der Waals surface area (Å²) in [5, 5.41) is 33.7. The van der Waals surface area contributed by atoms with E-state index in [1.807, 2.05) is 6.92 Å². The summed E-state index contributed by atoms with van der Waals surface area (Å²) in [5.74, 6) is 0.676. The molecule has 0 aromatic carbocycles. The lowest BCUT2D eigenvalue weighted by Gasteiger charge is -2.61. The first kappa shape index (κ1) is 27.7. The maximum atomic E-state index is 11.9. The van der Waals surface area contributed by atoms with Crippen LogP contribution in [0.3, 0.4) is 0 Å². The zero-order chi connectivity index (χ0) is 25.4. The van der Waals surface area contributed by atoms with Crippen LogP contribution in [0.25, 0.3) is 0 Å². The van der Waals surface area contributed by atoms with Crippen LogP contribution in [0.5, 0.6) is 0 Å². The van der Waals surface area contributed by atoms with Crippen LogP contribution in [0.1, 0.15) is 86.5 Å². The van der Waals surface area contributed by atoms with Gasteiger partial charge in [0, 0.05) is 32.7 Å². The number of amides is 1. The molecule has 1 amide bonds. The Morgan fingerprint density at radius 2 is 1.76 bits per heavy atom. The van der Waals surface area contributed by atoms with Crippen LogP contribution >= 0.6 is 0 Å². The number of carbonyl (C=O) groups is 1. The van der Waals surface area contributed by atoms with Gasteiger partial charge in [0.05, 0.1) is 23.9 Å². The third-order valence-electron chi connectivity index (χ3n) is 9.75. The highest BCUT2D eigenvalue weighted by Gasteiger charge is 2.58.